The lowest BCUT2D eigenvalue weighted by Crippen LogP contribution is -2.53. The Balaban J connectivity index is 1.27. The highest BCUT2D eigenvalue weighted by molar-refractivity contribution is 5.57. The van der Waals surface area contributed by atoms with Gasteiger partial charge in [-0.15, -0.1) is 0 Å². The Bertz CT molecular complexity index is 1360. The van der Waals surface area contributed by atoms with Gasteiger partial charge in [-0.25, -0.2) is 4.39 Å². The van der Waals surface area contributed by atoms with Crippen molar-refractivity contribution in [2.24, 2.45) is 0 Å². The molecular weight excluding hydrogens is 527 g/mol. The molecule has 6 rings (SSSR count). The van der Waals surface area contributed by atoms with Crippen LogP contribution in [0.15, 0.2) is 36.4 Å². The first-order valence-corrected chi connectivity index (χ1v) is 14.3. The van der Waals surface area contributed by atoms with Gasteiger partial charge in [0.25, 0.3) is 0 Å². The molecule has 218 valence electrons. The Hall–Kier alpha value is -3.90. The summed E-state index contributed by atoms with van der Waals surface area (Å²) in [5, 5.41) is 10.2. The van der Waals surface area contributed by atoms with Crippen molar-refractivity contribution in [2.45, 2.75) is 38.3 Å². The number of anilines is 4. The number of methoxy groups -OCH3 is 1. The molecule has 2 unspecified atom stereocenters. The van der Waals surface area contributed by atoms with Crippen LogP contribution in [0.1, 0.15) is 25.3 Å². The maximum atomic E-state index is 14.4. The molecule has 11 nitrogen and oxygen atoms in total. The fourth-order valence-electron chi connectivity index (χ4n) is 5.80. The Morgan fingerprint density at radius 3 is 2.78 bits per heavy atom. The molecule has 3 aliphatic heterocycles. The number of hydrogen-bond donors (Lipinski definition) is 3. The molecule has 41 heavy (non-hydrogen) atoms. The SMILES string of the molecule is CCN1CCCC1CNc1nc(Nc2ccc(OC)c(F)c2)nc(N2CCNCC2Cc2ccc3c(c2)OCO3)n1. The molecule has 0 aliphatic carbocycles. The standard InChI is InChI=1S/C29H37FN8O3/c1-3-37-11-4-5-21(37)17-32-27-34-28(33-20-7-9-24(39-2)23(30)15-20)36-29(35-27)38-12-10-31-16-22(38)13-19-6-8-25-26(14-19)41-18-40-25/h6-9,14-15,21-22,31H,3-5,10-13,16-18H2,1-2H3,(H2,32,33,34,35,36). The third-order valence-corrected chi connectivity index (χ3v) is 7.95. The molecule has 12 heteroatoms. The summed E-state index contributed by atoms with van der Waals surface area (Å²) in [6.07, 6.45) is 3.11. The van der Waals surface area contributed by atoms with E-state index < -0.39 is 5.82 Å². The van der Waals surface area contributed by atoms with Crippen LogP contribution in [0, 0.1) is 5.82 Å². The number of benzene rings is 2. The molecule has 4 heterocycles. The molecule has 3 aromatic rings. The lowest BCUT2D eigenvalue weighted by atomic mass is 10.0. The van der Waals surface area contributed by atoms with Crippen LogP contribution in [0.25, 0.3) is 0 Å². The molecular formula is C29H37FN8O3. The zero-order valence-corrected chi connectivity index (χ0v) is 23.5. The molecule has 2 fully saturated rings. The van der Waals surface area contributed by atoms with Crippen molar-refractivity contribution >= 4 is 23.5 Å². The fraction of sp³-hybridized carbons (Fsp3) is 0.483. The van der Waals surface area contributed by atoms with Gasteiger partial charge in [0.05, 0.1) is 7.11 Å². The first-order valence-electron chi connectivity index (χ1n) is 14.3. The van der Waals surface area contributed by atoms with Crippen LogP contribution >= 0.6 is 0 Å². The third kappa shape index (κ3) is 6.23. The summed E-state index contributed by atoms with van der Waals surface area (Å²) in [6.45, 7) is 7.66. The predicted molar refractivity (Wildman–Crippen MR) is 155 cm³/mol. The van der Waals surface area contributed by atoms with E-state index in [1.165, 1.54) is 19.6 Å². The van der Waals surface area contributed by atoms with E-state index in [4.69, 9.17) is 24.2 Å². The van der Waals surface area contributed by atoms with E-state index in [0.717, 1.165) is 69.2 Å². The largest absolute Gasteiger partial charge is 0.494 e. The van der Waals surface area contributed by atoms with Gasteiger partial charge in [0.1, 0.15) is 0 Å². The summed E-state index contributed by atoms with van der Waals surface area (Å²) in [4.78, 5) is 19.0. The second kappa shape index (κ2) is 12.3. The molecule has 2 atom stereocenters. The van der Waals surface area contributed by atoms with Crippen LogP contribution in [0.2, 0.25) is 0 Å². The number of ether oxygens (including phenoxy) is 3. The van der Waals surface area contributed by atoms with Crippen molar-refractivity contribution in [1.29, 1.82) is 0 Å². The van der Waals surface area contributed by atoms with Gasteiger partial charge in [0.15, 0.2) is 23.1 Å². The first-order chi connectivity index (χ1) is 20.1. The van der Waals surface area contributed by atoms with Crippen molar-refractivity contribution in [1.82, 2.24) is 25.2 Å². The van der Waals surface area contributed by atoms with Crippen LogP contribution < -0.4 is 35.1 Å². The lowest BCUT2D eigenvalue weighted by molar-refractivity contribution is 0.174. The number of rotatable bonds is 10. The molecule has 3 N–H and O–H groups in total. The van der Waals surface area contributed by atoms with E-state index in [0.29, 0.717) is 29.6 Å². The van der Waals surface area contributed by atoms with E-state index in [1.807, 2.05) is 12.1 Å². The highest BCUT2D eigenvalue weighted by atomic mass is 19.1. The van der Waals surface area contributed by atoms with E-state index in [-0.39, 0.29) is 18.6 Å². The van der Waals surface area contributed by atoms with E-state index in [2.05, 4.69) is 43.7 Å². The summed E-state index contributed by atoms with van der Waals surface area (Å²) < 4.78 is 30.6. The van der Waals surface area contributed by atoms with Crippen LogP contribution in [-0.4, -0.2) is 85.1 Å². The second-order valence-corrected chi connectivity index (χ2v) is 10.5. The van der Waals surface area contributed by atoms with Gasteiger partial charge in [-0.05, 0) is 62.2 Å². The monoisotopic (exact) mass is 564 g/mol. The summed E-state index contributed by atoms with van der Waals surface area (Å²) in [7, 11) is 1.44. The number of nitrogens with one attached hydrogen (secondary N) is 3. The number of hydrogen-bond acceptors (Lipinski definition) is 11. The molecule has 3 aliphatic rings. The maximum absolute atomic E-state index is 14.4. The quantitative estimate of drug-likeness (QED) is 0.337. The van der Waals surface area contributed by atoms with E-state index in [1.54, 1.807) is 12.1 Å². The minimum Gasteiger partial charge on any atom is -0.494 e. The molecule has 0 amide bonds. The van der Waals surface area contributed by atoms with Crippen molar-refractivity contribution in [2.75, 3.05) is 68.7 Å². The Morgan fingerprint density at radius 2 is 1.93 bits per heavy atom. The fourth-order valence-corrected chi connectivity index (χ4v) is 5.80. The van der Waals surface area contributed by atoms with E-state index >= 15 is 0 Å². The third-order valence-electron chi connectivity index (χ3n) is 7.95. The molecule has 1 aromatic heterocycles. The Kier molecular flexibility index (Phi) is 8.19. The van der Waals surface area contributed by atoms with Gasteiger partial charge in [0, 0.05) is 50.0 Å². The summed E-state index contributed by atoms with van der Waals surface area (Å²) in [5.41, 5.74) is 1.67. The van der Waals surface area contributed by atoms with Gasteiger partial charge in [-0.2, -0.15) is 15.0 Å². The minimum absolute atomic E-state index is 0.107. The van der Waals surface area contributed by atoms with Gasteiger partial charge in [-0.1, -0.05) is 13.0 Å². The van der Waals surface area contributed by atoms with Crippen molar-refractivity contribution in [3.63, 3.8) is 0 Å². The number of fused-ring (bicyclic) bond motifs is 1. The topological polar surface area (TPSA) is 109 Å². The maximum Gasteiger partial charge on any atom is 0.233 e. The number of aromatic nitrogens is 3. The van der Waals surface area contributed by atoms with Crippen LogP contribution in [-0.2, 0) is 6.42 Å². The van der Waals surface area contributed by atoms with Gasteiger partial charge < -0.3 is 35.1 Å². The van der Waals surface area contributed by atoms with Crippen molar-refractivity contribution in [3.8, 4) is 17.2 Å². The van der Waals surface area contributed by atoms with Gasteiger partial charge in [0.2, 0.25) is 24.6 Å². The molecule has 2 saturated heterocycles. The summed E-state index contributed by atoms with van der Waals surface area (Å²) in [6, 6.07) is 11.3. The number of nitrogens with zero attached hydrogens (tertiary/aromatic N) is 5. The van der Waals surface area contributed by atoms with Crippen LogP contribution in [0.3, 0.4) is 0 Å². The Morgan fingerprint density at radius 1 is 1.05 bits per heavy atom. The first kappa shape index (κ1) is 27.3. The number of likely N-dealkylation sites (tertiary alicyclic amines) is 1. The number of likely N-dealkylation sites (N-methyl/N-ethyl adjacent to an activating group) is 1. The predicted octanol–water partition coefficient (Wildman–Crippen LogP) is 3.41. The van der Waals surface area contributed by atoms with Gasteiger partial charge in [-0.3, -0.25) is 4.90 Å². The Labute approximate surface area is 239 Å². The molecule has 0 spiro atoms. The zero-order valence-electron chi connectivity index (χ0n) is 23.5. The minimum atomic E-state index is -0.461. The average molecular weight is 565 g/mol. The second-order valence-electron chi connectivity index (χ2n) is 10.5. The smallest absolute Gasteiger partial charge is 0.233 e. The highest BCUT2D eigenvalue weighted by Gasteiger charge is 2.28. The van der Waals surface area contributed by atoms with E-state index in [9.17, 15) is 4.39 Å². The van der Waals surface area contributed by atoms with Crippen molar-refractivity contribution < 1.29 is 18.6 Å². The molecule has 2 aromatic carbocycles. The van der Waals surface area contributed by atoms with Gasteiger partial charge >= 0.3 is 0 Å². The number of halogens is 1. The lowest BCUT2D eigenvalue weighted by Gasteiger charge is -2.36. The van der Waals surface area contributed by atoms with Crippen LogP contribution in [0.5, 0.6) is 17.2 Å². The summed E-state index contributed by atoms with van der Waals surface area (Å²) in [5.74, 6) is 2.68. The zero-order chi connectivity index (χ0) is 28.2. The molecule has 0 radical (unpaired) electrons. The highest BCUT2D eigenvalue weighted by Crippen LogP contribution is 2.33. The van der Waals surface area contributed by atoms with Crippen LogP contribution in [0.4, 0.5) is 27.9 Å². The number of piperazine rings is 1. The average Bonchev–Trinajstić information content (AvgIpc) is 3.65. The normalized spacial score (nSPS) is 20.3. The van der Waals surface area contributed by atoms with Crippen molar-refractivity contribution in [3.05, 3.63) is 47.8 Å². The molecule has 0 bridgehead atoms. The molecule has 0 saturated carbocycles. The summed E-state index contributed by atoms with van der Waals surface area (Å²) >= 11 is 0.